The van der Waals surface area contributed by atoms with Gasteiger partial charge in [0.25, 0.3) is 0 Å². The van der Waals surface area contributed by atoms with Gasteiger partial charge in [0.2, 0.25) is 5.78 Å². The highest BCUT2D eigenvalue weighted by Crippen LogP contribution is 2.01. The molecular formula is C10H17N3O2. The van der Waals surface area contributed by atoms with E-state index in [9.17, 15) is 4.79 Å². The van der Waals surface area contributed by atoms with Crippen LogP contribution in [0.25, 0.3) is 0 Å². The van der Waals surface area contributed by atoms with Gasteiger partial charge in [0.05, 0.1) is 12.3 Å². The largest absolute Gasteiger partial charge is 0.371 e. The van der Waals surface area contributed by atoms with Crippen LogP contribution in [0.2, 0.25) is 0 Å². The SMILES string of the molecule is CCCn1nncc1C(=O)COC(C)C. The summed E-state index contributed by atoms with van der Waals surface area (Å²) in [5.74, 6) is -0.0675. The molecule has 1 aromatic heterocycles. The summed E-state index contributed by atoms with van der Waals surface area (Å²) in [6, 6.07) is 0. The number of aryl methyl sites for hydroxylation is 1. The second-order valence-corrected chi connectivity index (χ2v) is 3.63. The summed E-state index contributed by atoms with van der Waals surface area (Å²) >= 11 is 0. The van der Waals surface area contributed by atoms with Crippen molar-refractivity contribution in [2.24, 2.45) is 0 Å². The van der Waals surface area contributed by atoms with Crippen LogP contribution in [0, 0.1) is 0 Å². The normalized spacial score (nSPS) is 10.9. The number of Topliss-reactive ketones (excluding diaryl/α,β-unsaturated/α-hetero) is 1. The van der Waals surface area contributed by atoms with Crippen molar-refractivity contribution in [3.05, 3.63) is 11.9 Å². The number of nitrogens with zero attached hydrogens (tertiary/aromatic N) is 3. The summed E-state index contributed by atoms with van der Waals surface area (Å²) in [6.45, 7) is 6.63. The molecule has 15 heavy (non-hydrogen) atoms. The predicted octanol–water partition coefficient (Wildman–Crippen LogP) is 1.30. The van der Waals surface area contributed by atoms with Crippen molar-refractivity contribution in [3.63, 3.8) is 0 Å². The van der Waals surface area contributed by atoms with E-state index in [1.165, 1.54) is 6.20 Å². The molecule has 0 aromatic carbocycles. The van der Waals surface area contributed by atoms with E-state index in [0.29, 0.717) is 12.2 Å². The molecule has 0 bridgehead atoms. The first kappa shape index (κ1) is 11.8. The number of hydrogen-bond acceptors (Lipinski definition) is 4. The molecule has 0 fully saturated rings. The lowest BCUT2D eigenvalue weighted by Crippen LogP contribution is -2.17. The topological polar surface area (TPSA) is 57.0 Å². The van der Waals surface area contributed by atoms with Crippen LogP contribution in [0.5, 0.6) is 0 Å². The molecule has 0 radical (unpaired) electrons. The predicted molar refractivity (Wildman–Crippen MR) is 55.7 cm³/mol. The third-order valence-corrected chi connectivity index (χ3v) is 1.89. The Morgan fingerprint density at radius 1 is 1.60 bits per heavy atom. The van der Waals surface area contributed by atoms with E-state index in [0.717, 1.165) is 6.42 Å². The maximum absolute atomic E-state index is 11.7. The van der Waals surface area contributed by atoms with E-state index in [1.807, 2.05) is 20.8 Å². The molecule has 5 nitrogen and oxygen atoms in total. The van der Waals surface area contributed by atoms with Crippen LogP contribution in [0.4, 0.5) is 0 Å². The fourth-order valence-electron chi connectivity index (χ4n) is 1.17. The molecule has 5 heteroatoms. The Hall–Kier alpha value is -1.23. The third-order valence-electron chi connectivity index (χ3n) is 1.89. The molecule has 0 saturated carbocycles. The molecule has 0 atom stereocenters. The van der Waals surface area contributed by atoms with Gasteiger partial charge in [0.1, 0.15) is 12.3 Å². The fourth-order valence-corrected chi connectivity index (χ4v) is 1.17. The van der Waals surface area contributed by atoms with Crippen LogP contribution in [0.15, 0.2) is 6.20 Å². The van der Waals surface area contributed by atoms with Gasteiger partial charge in [-0.3, -0.25) is 4.79 Å². The minimum absolute atomic E-state index is 0.0597. The van der Waals surface area contributed by atoms with Crippen LogP contribution in [0.1, 0.15) is 37.7 Å². The Balaban J connectivity index is 2.60. The van der Waals surface area contributed by atoms with Gasteiger partial charge >= 0.3 is 0 Å². The Bertz CT molecular complexity index is 320. The standard InChI is InChI=1S/C10H17N3O2/c1-4-5-13-9(6-11-12-13)10(14)7-15-8(2)3/h6,8H,4-5,7H2,1-3H3. The van der Waals surface area contributed by atoms with Crippen molar-refractivity contribution in [2.45, 2.75) is 39.8 Å². The second kappa shape index (κ2) is 5.60. The van der Waals surface area contributed by atoms with E-state index in [-0.39, 0.29) is 18.5 Å². The number of carbonyl (C=O) groups excluding carboxylic acids is 1. The van der Waals surface area contributed by atoms with E-state index in [1.54, 1.807) is 4.68 Å². The van der Waals surface area contributed by atoms with Gasteiger partial charge in [0, 0.05) is 6.54 Å². The van der Waals surface area contributed by atoms with Crippen LogP contribution >= 0.6 is 0 Å². The summed E-state index contributed by atoms with van der Waals surface area (Å²) < 4.78 is 6.86. The van der Waals surface area contributed by atoms with Crippen molar-refractivity contribution in [3.8, 4) is 0 Å². The lowest BCUT2D eigenvalue weighted by atomic mass is 10.3. The van der Waals surface area contributed by atoms with Crippen LogP contribution in [0.3, 0.4) is 0 Å². The average molecular weight is 211 g/mol. The molecule has 0 spiro atoms. The highest BCUT2D eigenvalue weighted by Gasteiger charge is 2.13. The Morgan fingerprint density at radius 2 is 2.33 bits per heavy atom. The Kier molecular flexibility index (Phi) is 4.42. The highest BCUT2D eigenvalue weighted by molar-refractivity contribution is 5.95. The molecular weight excluding hydrogens is 194 g/mol. The summed E-state index contributed by atoms with van der Waals surface area (Å²) in [7, 11) is 0. The van der Waals surface area contributed by atoms with Gasteiger partial charge in [0.15, 0.2) is 0 Å². The quantitative estimate of drug-likeness (QED) is 0.665. The van der Waals surface area contributed by atoms with Crippen LogP contribution < -0.4 is 0 Å². The minimum atomic E-state index is -0.0675. The van der Waals surface area contributed by atoms with E-state index in [4.69, 9.17) is 4.74 Å². The first-order valence-electron chi connectivity index (χ1n) is 5.18. The monoisotopic (exact) mass is 211 g/mol. The molecule has 0 aliphatic rings. The summed E-state index contributed by atoms with van der Waals surface area (Å²) in [5, 5.41) is 7.57. The first-order chi connectivity index (χ1) is 7.15. The first-order valence-corrected chi connectivity index (χ1v) is 5.18. The fraction of sp³-hybridized carbons (Fsp3) is 0.700. The number of rotatable bonds is 6. The Labute approximate surface area is 89.4 Å². The lowest BCUT2D eigenvalue weighted by Gasteiger charge is -2.07. The van der Waals surface area contributed by atoms with Crippen molar-refractivity contribution < 1.29 is 9.53 Å². The van der Waals surface area contributed by atoms with Gasteiger partial charge in [-0.2, -0.15) is 0 Å². The van der Waals surface area contributed by atoms with Gasteiger partial charge in [-0.15, -0.1) is 5.10 Å². The van der Waals surface area contributed by atoms with Gasteiger partial charge in [-0.05, 0) is 20.3 Å². The average Bonchev–Trinajstić information content (AvgIpc) is 2.63. The molecule has 0 aliphatic heterocycles. The molecule has 1 aromatic rings. The number of aromatic nitrogens is 3. The number of carbonyl (C=O) groups is 1. The zero-order valence-corrected chi connectivity index (χ0v) is 9.43. The molecule has 1 rings (SSSR count). The molecule has 0 aliphatic carbocycles. The smallest absolute Gasteiger partial charge is 0.208 e. The zero-order valence-electron chi connectivity index (χ0n) is 9.43. The maximum Gasteiger partial charge on any atom is 0.208 e. The van der Waals surface area contributed by atoms with E-state index in [2.05, 4.69) is 10.3 Å². The number of hydrogen-bond donors (Lipinski definition) is 0. The van der Waals surface area contributed by atoms with E-state index >= 15 is 0 Å². The summed E-state index contributed by atoms with van der Waals surface area (Å²) in [6.07, 6.45) is 2.47. The summed E-state index contributed by atoms with van der Waals surface area (Å²) in [4.78, 5) is 11.7. The second-order valence-electron chi connectivity index (χ2n) is 3.63. The molecule has 0 saturated heterocycles. The van der Waals surface area contributed by atoms with Crippen LogP contribution in [-0.2, 0) is 11.3 Å². The Morgan fingerprint density at radius 3 is 2.93 bits per heavy atom. The molecule has 0 unspecified atom stereocenters. The van der Waals surface area contributed by atoms with E-state index < -0.39 is 0 Å². The maximum atomic E-state index is 11.7. The molecule has 0 N–H and O–H groups in total. The van der Waals surface area contributed by atoms with Gasteiger partial charge in [-0.1, -0.05) is 12.1 Å². The summed E-state index contributed by atoms with van der Waals surface area (Å²) in [5.41, 5.74) is 0.525. The molecule has 0 amide bonds. The molecule has 84 valence electrons. The van der Waals surface area contributed by atoms with Crippen LogP contribution in [-0.4, -0.2) is 33.5 Å². The minimum Gasteiger partial charge on any atom is -0.371 e. The van der Waals surface area contributed by atoms with Gasteiger partial charge in [-0.25, -0.2) is 4.68 Å². The van der Waals surface area contributed by atoms with Crippen molar-refractivity contribution in [1.29, 1.82) is 0 Å². The highest BCUT2D eigenvalue weighted by atomic mass is 16.5. The van der Waals surface area contributed by atoms with Crippen molar-refractivity contribution in [1.82, 2.24) is 15.0 Å². The molecule has 1 heterocycles. The zero-order chi connectivity index (χ0) is 11.3. The van der Waals surface area contributed by atoms with Crippen molar-refractivity contribution in [2.75, 3.05) is 6.61 Å². The van der Waals surface area contributed by atoms with Gasteiger partial charge < -0.3 is 4.74 Å². The third kappa shape index (κ3) is 3.43. The number of ether oxygens (including phenoxy) is 1. The number of ketones is 1. The van der Waals surface area contributed by atoms with Crippen molar-refractivity contribution >= 4 is 5.78 Å². The lowest BCUT2D eigenvalue weighted by molar-refractivity contribution is 0.0576.